The molecular formula is C16H20N2O4. The number of unbranched alkanes of at least 4 members (excludes halogenated alkanes) is 2. The van der Waals surface area contributed by atoms with Crippen LogP contribution in [0.1, 0.15) is 37.4 Å². The second-order valence-corrected chi connectivity index (χ2v) is 4.83. The van der Waals surface area contributed by atoms with E-state index in [9.17, 15) is 14.7 Å². The van der Waals surface area contributed by atoms with Gasteiger partial charge in [0.2, 0.25) is 0 Å². The molecule has 1 aromatic carbocycles. The monoisotopic (exact) mass is 304 g/mol. The first-order valence-corrected chi connectivity index (χ1v) is 7.08. The molecule has 2 atom stereocenters. The molecule has 0 spiro atoms. The number of carbonyl (C=O) groups excluding carboxylic acids is 1. The van der Waals surface area contributed by atoms with Crippen LogP contribution in [0, 0.1) is 11.3 Å². The Kier molecular flexibility index (Phi) is 7.65. The summed E-state index contributed by atoms with van der Waals surface area (Å²) in [7, 11) is 1.40. The van der Waals surface area contributed by atoms with Gasteiger partial charge in [-0.15, -0.1) is 0 Å². The molecule has 0 saturated carbocycles. The second-order valence-electron chi connectivity index (χ2n) is 4.83. The summed E-state index contributed by atoms with van der Waals surface area (Å²) in [5.41, 5.74) is 0.663. The number of carbonyl (C=O) groups is 2. The van der Waals surface area contributed by atoms with E-state index >= 15 is 0 Å². The highest BCUT2D eigenvalue weighted by Crippen LogP contribution is 2.17. The number of methoxy groups -OCH3 is 1. The third kappa shape index (κ3) is 5.54. The zero-order chi connectivity index (χ0) is 16.4. The zero-order valence-electron chi connectivity index (χ0n) is 12.5. The Balaban J connectivity index is 2.65. The molecule has 1 amide bonds. The molecule has 0 bridgehead atoms. The van der Waals surface area contributed by atoms with Crippen LogP contribution >= 0.6 is 0 Å². The molecule has 1 rings (SSSR count). The van der Waals surface area contributed by atoms with Crippen molar-refractivity contribution in [1.82, 2.24) is 5.32 Å². The van der Waals surface area contributed by atoms with Crippen molar-refractivity contribution in [1.29, 1.82) is 5.26 Å². The van der Waals surface area contributed by atoms with Gasteiger partial charge in [0.1, 0.15) is 6.04 Å². The van der Waals surface area contributed by atoms with Crippen molar-refractivity contribution in [2.75, 3.05) is 7.11 Å². The van der Waals surface area contributed by atoms with Gasteiger partial charge in [-0.2, -0.15) is 5.26 Å². The SMILES string of the molecule is CO[C@H](C(=O)N[C@@H](CCCCC#N)C(=O)O)c1ccccc1. The third-order valence-corrected chi connectivity index (χ3v) is 3.22. The van der Waals surface area contributed by atoms with E-state index in [0.717, 1.165) is 0 Å². The number of nitrogens with one attached hydrogen (secondary N) is 1. The molecule has 0 saturated heterocycles. The molecule has 0 aliphatic carbocycles. The highest BCUT2D eigenvalue weighted by molar-refractivity contribution is 5.87. The number of hydrogen-bond donors (Lipinski definition) is 2. The maximum absolute atomic E-state index is 12.2. The third-order valence-electron chi connectivity index (χ3n) is 3.22. The fourth-order valence-electron chi connectivity index (χ4n) is 2.08. The molecule has 0 unspecified atom stereocenters. The van der Waals surface area contributed by atoms with Crippen LogP contribution in [0.15, 0.2) is 30.3 Å². The van der Waals surface area contributed by atoms with Crippen LogP contribution in [0.5, 0.6) is 0 Å². The first kappa shape index (κ1) is 17.7. The van der Waals surface area contributed by atoms with Crippen molar-refractivity contribution in [2.24, 2.45) is 0 Å². The lowest BCUT2D eigenvalue weighted by Crippen LogP contribution is -2.43. The average molecular weight is 304 g/mol. The van der Waals surface area contributed by atoms with Crippen LogP contribution in [0.2, 0.25) is 0 Å². The van der Waals surface area contributed by atoms with Gasteiger partial charge in [0.05, 0.1) is 6.07 Å². The van der Waals surface area contributed by atoms with Crippen molar-refractivity contribution < 1.29 is 19.4 Å². The smallest absolute Gasteiger partial charge is 0.326 e. The van der Waals surface area contributed by atoms with Gasteiger partial charge in [-0.3, -0.25) is 4.79 Å². The summed E-state index contributed by atoms with van der Waals surface area (Å²) in [6.45, 7) is 0. The molecule has 0 aliphatic rings. The Labute approximate surface area is 129 Å². The van der Waals surface area contributed by atoms with Crippen LogP contribution in [0.4, 0.5) is 0 Å². The van der Waals surface area contributed by atoms with Crippen molar-refractivity contribution in [3.8, 4) is 6.07 Å². The van der Waals surface area contributed by atoms with Crippen molar-refractivity contribution in [3.63, 3.8) is 0 Å². The average Bonchev–Trinajstić information content (AvgIpc) is 2.52. The number of carboxylic acids is 1. The number of amides is 1. The van der Waals surface area contributed by atoms with E-state index in [-0.39, 0.29) is 6.42 Å². The van der Waals surface area contributed by atoms with E-state index in [1.54, 1.807) is 24.3 Å². The lowest BCUT2D eigenvalue weighted by atomic mass is 10.1. The Morgan fingerprint density at radius 3 is 2.55 bits per heavy atom. The molecule has 6 heteroatoms. The van der Waals surface area contributed by atoms with Gasteiger partial charge >= 0.3 is 5.97 Å². The maximum Gasteiger partial charge on any atom is 0.326 e. The fourth-order valence-corrected chi connectivity index (χ4v) is 2.08. The van der Waals surface area contributed by atoms with Gasteiger partial charge < -0.3 is 15.2 Å². The largest absolute Gasteiger partial charge is 0.480 e. The first-order chi connectivity index (χ1) is 10.6. The van der Waals surface area contributed by atoms with Gasteiger partial charge in [0.15, 0.2) is 6.10 Å². The van der Waals surface area contributed by atoms with E-state index < -0.39 is 24.0 Å². The summed E-state index contributed by atoms with van der Waals surface area (Å²) >= 11 is 0. The summed E-state index contributed by atoms with van der Waals surface area (Å²) in [6, 6.07) is 9.91. The van der Waals surface area contributed by atoms with E-state index in [0.29, 0.717) is 24.8 Å². The normalized spacial score (nSPS) is 12.9. The van der Waals surface area contributed by atoms with E-state index in [4.69, 9.17) is 10.00 Å². The Morgan fingerprint density at radius 1 is 1.32 bits per heavy atom. The number of rotatable bonds is 9. The summed E-state index contributed by atoms with van der Waals surface area (Å²) in [5, 5.41) is 20.1. The minimum Gasteiger partial charge on any atom is -0.480 e. The summed E-state index contributed by atoms with van der Waals surface area (Å²) in [6.07, 6.45) is 0.997. The molecule has 2 N–H and O–H groups in total. The molecule has 0 heterocycles. The van der Waals surface area contributed by atoms with E-state index in [1.165, 1.54) is 7.11 Å². The van der Waals surface area contributed by atoms with Crippen molar-refractivity contribution in [3.05, 3.63) is 35.9 Å². The highest BCUT2D eigenvalue weighted by Gasteiger charge is 2.25. The number of carboxylic acid groups (broad SMARTS) is 1. The second kappa shape index (κ2) is 9.53. The van der Waals surface area contributed by atoms with Gasteiger partial charge in [0, 0.05) is 13.5 Å². The number of benzene rings is 1. The number of nitrogens with zero attached hydrogens (tertiary/aromatic N) is 1. The van der Waals surface area contributed by atoms with Crippen LogP contribution in [-0.2, 0) is 14.3 Å². The molecule has 0 radical (unpaired) electrons. The molecule has 0 aromatic heterocycles. The fraction of sp³-hybridized carbons (Fsp3) is 0.438. The molecule has 0 fully saturated rings. The molecular weight excluding hydrogens is 284 g/mol. The maximum atomic E-state index is 12.2. The van der Waals surface area contributed by atoms with Crippen molar-refractivity contribution in [2.45, 2.75) is 37.8 Å². The number of nitriles is 1. The molecule has 6 nitrogen and oxygen atoms in total. The Hall–Kier alpha value is -2.39. The predicted molar refractivity (Wildman–Crippen MR) is 79.8 cm³/mol. The number of ether oxygens (including phenoxy) is 1. The van der Waals surface area contributed by atoms with E-state index in [2.05, 4.69) is 5.32 Å². The lowest BCUT2D eigenvalue weighted by Gasteiger charge is -2.19. The van der Waals surface area contributed by atoms with Gasteiger partial charge in [0.25, 0.3) is 5.91 Å². The van der Waals surface area contributed by atoms with Crippen LogP contribution in [0.25, 0.3) is 0 Å². The number of aliphatic carboxylic acids is 1. The minimum absolute atomic E-state index is 0.286. The summed E-state index contributed by atoms with van der Waals surface area (Å²) < 4.78 is 5.17. The minimum atomic E-state index is -1.09. The Morgan fingerprint density at radius 2 is 2.00 bits per heavy atom. The molecule has 22 heavy (non-hydrogen) atoms. The standard InChI is InChI=1S/C16H20N2O4/c1-22-14(12-8-4-2-5-9-12)15(19)18-13(16(20)21)10-6-3-7-11-17/h2,4-5,8-9,13-14H,3,6-7,10H2,1H3,(H,18,19)(H,20,21)/t13-,14-/m0/s1. The number of hydrogen-bond acceptors (Lipinski definition) is 4. The summed E-state index contributed by atoms with van der Waals surface area (Å²) in [4.78, 5) is 23.5. The topological polar surface area (TPSA) is 99.4 Å². The van der Waals surface area contributed by atoms with E-state index in [1.807, 2.05) is 12.1 Å². The van der Waals surface area contributed by atoms with Gasteiger partial charge in [-0.1, -0.05) is 30.3 Å². The molecule has 1 aromatic rings. The zero-order valence-corrected chi connectivity index (χ0v) is 12.5. The van der Waals surface area contributed by atoms with Crippen molar-refractivity contribution >= 4 is 11.9 Å². The quantitative estimate of drug-likeness (QED) is 0.680. The highest BCUT2D eigenvalue weighted by atomic mass is 16.5. The lowest BCUT2D eigenvalue weighted by molar-refractivity contribution is -0.144. The first-order valence-electron chi connectivity index (χ1n) is 7.08. The van der Waals surface area contributed by atoms with Crippen LogP contribution < -0.4 is 5.32 Å². The van der Waals surface area contributed by atoms with Gasteiger partial charge in [-0.25, -0.2) is 4.79 Å². The Bertz CT molecular complexity index is 525. The van der Waals surface area contributed by atoms with Gasteiger partial charge in [-0.05, 0) is 24.8 Å². The molecule has 118 valence electrons. The summed E-state index contributed by atoms with van der Waals surface area (Å²) in [5.74, 6) is -1.57. The predicted octanol–water partition coefficient (Wildman–Crippen LogP) is 2.03. The molecule has 0 aliphatic heterocycles. The van der Waals surface area contributed by atoms with Crippen LogP contribution in [-0.4, -0.2) is 30.1 Å². The van der Waals surface area contributed by atoms with Crippen LogP contribution in [0.3, 0.4) is 0 Å².